The number of thiazole rings is 1. The molecule has 0 saturated carbocycles. The molecule has 0 bridgehead atoms. The maximum Gasteiger partial charge on any atom is 0.187 e. The molecule has 2 aromatic rings. The molecule has 1 aromatic carbocycles. The molecule has 0 radical (unpaired) electrons. The maximum absolute atomic E-state index is 4.56. The van der Waals surface area contributed by atoms with Gasteiger partial charge in [0.1, 0.15) is 0 Å². The van der Waals surface area contributed by atoms with E-state index in [1.807, 2.05) is 0 Å². The molecule has 2 heterocycles. The Morgan fingerprint density at radius 3 is 3.22 bits per heavy atom. The second kappa shape index (κ2) is 5.08. The van der Waals surface area contributed by atoms with Crippen molar-refractivity contribution in [2.75, 3.05) is 11.9 Å². The molecule has 1 aliphatic rings. The van der Waals surface area contributed by atoms with E-state index in [2.05, 4.69) is 46.1 Å². The van der Waals surface area contributed by atoms with Crippen molar-refractivity contribution in [3.05, 3.63) is 40.4 Å². The highest BCUT2D eigenvalue weighted by Gasteiger charge is 2.13. The lowest BCUT2D eigenvalue weighted by Gasteiger charge is -2.20. The van der Waals surface area contributed by atoms with Crippen molar-refractivity contribution < 1.29 is 0 Å². The van der Waals surface area contributed by atoms with E-state index in [4.69, 9.17) is 0 Å². The number of hydrogen-bond donors (Lipinski definition) is 2. The largest absolute Gasteiger partial charge is 0.331 e. The van der Waals surface area contributed by atoms with Crippen LogP contribution in [0.15, 0.2) is 23.6 Å². The summed E-state index contributed by atoms with van der Waals surface area (Å²) in [6.45, 7) is 4.17. The average Bonchev–Trinajstić information content (AvgIpc) is 2.87. The van der Waals surface area contributed by atoms with Gasteiger partial charge in [-0.25, -0.2) is 4.98 Å². The van der Waals surface area contributed by atoms with E-state index in [-0.39, 0.29) is 0 Å². The topological polar surface area (TPSA) is 37.0 Å². The zero-order chi connectivity index (χ0) is 12.4. The van der Waals surface area contributed by atoms with Gasteiger partial charge in [0.05, 0.1) is 5.69 Å². The molecule has 0 atom stereocenters. The smallest absolute Gasteiger partial charge is 0.187 e. The lowest BCUT2D eigenvalue weighted by molar-refractivity contribution is 0.645. The van der Waals surface area contributed by atoms with Gasteiger partial charge in [0.15, 0.2) is 5.13 Å². The maximum atomic E-state index is 4.56. The highest BCUT2D eigenvalue weighted by molar-refractivity contribution is 7.13. The third-order valence-corrected chi connectivity index (χ3v) is 4.10. The fraction of sp³-hybridized carbons (Fsp3) is 0.357. The predicted molar refractivity (Wildman–Crippen MR) is 76.6 cm³/mol. The molecule has 0 saturated heterocycles. The van der Waals surface area contributed by atoms with Gasteiger partial charge in [-0.3, -0.25) is 0 Å². The minimum absolute atomic E-state index is 0.975. The van der Waals surface area contributed by atoms with Crippen LogP contribution in [0.5, 0.6) is 0 Å². The van der Waals surface area contributed by atoms with Crippen LogP contribution in [0.25, 0.3) is 0 Å². The first kappa shape index (κ1) is 11.7. The summed E-state index contributed by atoms with van der Waals surface area (Å²) in [5.41, 5.74) is 5.21. The quantitative estimate of drug-likeness (QED) is 0.889. The van der Waals surface area contributed by atoms with Gasteiger partial charge in [-0.1, -0.05) is 19.1 Å². The van der Waals surface area contributed by atoms with Gasteiger partial charge in [0.25, 0.3) is 0 Å². The molecule has 3 rings (SSSR count). The normalized spacial score (nSPS) is 14.3. The highest BCUT2D eigenvalue weighted by Crippen LogP contribution is 2.27. The van der Waals surface area contributed by atoms with E-state index < -0.39 is 0 Å². The first-order valence-corrected chi connectivity index (χ1v) is 7.27. The molecular weight excluding hydrogens is 242 g/mol. The molecule has 3 nitrogen and oxygen atoms in total. The van der Waals surface area contributed by atoms with Gasteiger partial charge in [-0.15, -0.1) is 11.3 Å². The second-order valence-corrected chi connectivity index (χ2v) is 5.35. The third-order valence-electron chi connectivity index (χ3n) is 3.30. The van der Waals surface area contributed by atoms with E-state index in [1.165, 1.54) is 16.8 Å². The van der Waals surface area contributed by atoms with Crippen LogP contribution in [0.3, 0.4) is 0 Å². The Labute approximate surface area is 111 Å². The van der Waals surface area contributed by atoms with Crippen LogP contribution in [0.4, 0.5) is 10.8 Å². The Morgan fingerprint density at radius 2 is 2.39 bits per heavy atom. The molecule has 0 fully saturated rings. The van der Waals surface area contributed by atoms with E-state index in [9.17, 15) is 0 Å². The molecule has 1 aliphatic heterocycles. The molecule has 4 heteroatoms. The van der Waals surface area contributed by atoms with Crippen LogP contribution in [-0.4, -0.2) is 11.5 Å². The number of nitrogens with zero attached hydrogens (tertiary/aromatic N) is 1. The van der Waals surface area contributed by atoms with Crippen molar-refractivity contribution >= 4 is 22.2 Å². The minimum atomic E-state index is 0.975. The molecule has 0 spiro atoms. The lowest BCUT2D eigenvalue weighted by atomic mass is 9.99. The van der Waals surface area contributed by atoms with E-state index in [0.717, 1.165) is 36.8 Å². The van der Waals surface area contributed by atoms with Gasteiger partial charge in [-0.2, -0.15) is 0 Å². The van der Waals surface area contributed by atoms with Crippen molar-refractivity contribution in [3.8, 4) is 0 Å². The van der Waals surface area contributed by atoms with Crippen molar-refractivity contribution in [2.24, 2.45) is 0 Å². The number of rotatable bonds is 3. The molecule has 0 amide bonds. The number of fused-ring (bicyclic) bond motifs is 1. The van der Waals surface area contributed by atoms with Crippen molar-refractivity contribution in [3.63, 3.8) is 0 Å². The predicted octanol–water partition coefficient (Wildman–Crippen LogP) is 3.09. The summed E-state index contributed by atoms with van der Waals surface area (Å²) in [4.78, 5) is 4.56. The molecule has 1 aromatic heterocycles. The summed E-state index contributed by atoms with van der Waals surface area (Å²) in [5, 5.41) is 9.99. The second-order valence-electron chi connectivity index (χ2n) is 4.49. The van der Waals surface area contributed by atoms with Crippen LogP contribution < -0.4 is 10.6 Å². The number of aryl methyl sites for hydroxylation is 1. The van der Waals surface area contributed by atoms with Crippen molar-refractivity contribution in [2.45, 2.75) is 26.3 Å². The van der Waals surface area contributed by atoms with Gasteiger partial charge in [0, 0.05) is 17.6 Å². The Hall–Kier alpha value is -1.39. The standard InChI is InChI=1S/C14H17N3S/c1-2-11-9-18-14(16-11)17-13-5-3-4-10-8-15-7-6-12(10)13/h3-5,9,15H,2,6-8H2,1H3,(H,16,17). The Bertz CT molecular complexity index is 548. The molecule has 0 unspecified atom stereocenters. The monoisotopic (exact) mass is 259 g/mol. The van der Waals surface area contributed by atoms with Crippen LogP contribution in [0.2, 0.25) is 0 Å². The molecule has 94 valence electrons. The Kier molecular flexibility index (Phi) is 3.30. The van der Waals surface area contributed by atoms with E-state index >= 15 is 0 Å². The van der Waals surface area contributed by atoms with Gasteiger partial charge < -0.3 is 10.6 Å². The fourth-order valence-electron chi connectivity index (χ4n) is 2.29. The summed E-state index contributed by atoms with van der Waals surface area (Å²) in [6, 6.07) is 6.46. The van der Waals surface area contributed by atoms with Gasteiger partial charge >= 0.3 is 0 Å². The molecule has 18 heavy (non-hydrogen) atoms. The van der Waals surface area contributed by atoms with Crippen LogP contribution in [0.1, 0.15) is 23.7 Å². The molecule has 2 N–H and O–H groups in total. The van der Waals surface area contributed by atoms with E-state index in [0.29, 0.717) is 0 Å². The highest BCUT2D eigenvalue weighted by atomic mass is 32.1. The number of benzene rings is 1. The zero-order valence-electron chi connectivity index (χ0n) is 10.5. The molecule has 0 aliphatic carbocycles. The summed E-state index contributed by atoms with van der Waals surface area (Å²) >= 11 is 1.68. The zero-order valence-corrected chi connectivity index (χ0v) is 11.3. The van der Waals surface area contributed by atoms with Gasteiger partial charge in [-0.05, 0) is 36.6 Å². The van der Waals surface area contributed by atoms with Gasteiger partial charge in [0.2, 0.25) is 0 Å². The lowest BCUT2D eigenvalue weighted by Crippen LogP contribution is -2.24. The summed E-state index contributed by atoms with van der Waals surface area (Å²) in [5.74, 6) is 0. The number of anilines is 2. The first-order chi connectivity index (χ1) is 8.86. The van der Waals surface area contributed by atoms with Crippen LogP contribution >= 0.6 is 11.3 Å². The third kappa shape index (κ3) is 2.26. The fourth-order valence-corrected chi connectivity index (χ4v) is 3.10. The van der Waals surface area contributed by atoms with Crippen LogP contribution in [0, 0.1) is 0 Å². The van der Waals surface area contributed by atoms with Crippen molar-refractivity contribution in [1.82, 2.24) is 10.3 Å². The Morgan fingerprint density at radius 1 is 1.44 bits per heavy atom. The number of nitrogens with one attached hydrogen (secondary N) is 2. The Balaban J connectivity index is 1.88. The summed E-state index contributed by atoms with van der Waals surface area (Å²) < 4.78 is 0. The first-order valence-electron chi connectivity index (χ1n) is 6.39. The van der Waals surface area contributed by atoms with E-state index in [1.54, 1.807) is 11.3 Å². The van der Waals surface area contributed by atoms with Crippen molar-refractivity contribution in [1.29, 1.82) is 0 Å². The summed E-state index contributed by atoms with van der Waals surface area (Å²) in [6.07, 6.45) is 2.08. The number of aromatic nitrogens is 1. The SMILES string of the molecule is CCc1csc(Nc2cccc3c2CCNC3)n1. The van der Waals surface area contributed by atoms with Crippen LogP contribution in [-0.2, 0) is 19.4 Å². The number of hydrogen-bond acceptors (Lipinski definition) is 4. The average molecular weight is 259 g/mol. The minimum Gasteiger partial charge on any atom is -0.331 e. The molecular formula is C14H17N3S. The summed E-state index contributed by atoms with van der Waals surface area (Å²) in [7, 11) is 0.